The summed E-state index contributed by atoms with van der Waals surface area (Å²) in [4.78, 5) is 8.94. The topological polar surface area (TPSA) is 104 Å². The normalized spacial score (nSPS) is 13.6. The van der Waals surface area contributed by atoms with Gasteiger partial charge in [0.2, 0.25) is 0 Å². The van der Waals surface area contributed by atoms with E-state index in [-0.39, 0.29) is 0 Å². The Bertz CT molecular complexity index is 1410. The highest BCUT2D eigenvalue weighted by atomic mass is 35.5. The fourth-order valence-electron chi connectivity index (χ4n) is 4.48. The zero-order valence-electron chi connectivity index (χ0n) is 19.3. The number of anilines is 3. The molecule has 9 heteroatoms. The van der Waals surface area contributed by atoms with Crippen LogP contribution in [0.1, 0.15) is 16.8 Å². The number of rotatable bonds is 5. The molecule has 176 valence electrons. The standard InChI is InChI=1S/C26H24ClN7O/c1-35-22-8-5-17(14-20(22)27)15-21-24-19(7-6-18(16-28)25(24)29)26(32-31-21)34-12-10-33(11-13-34)23-4-2-3-9-30-23/h2-9,14H,10-13,15,29H2,1H3. The van der Waals surface area contributed by atoms with E-state index >= 15 is 0 Å². The largest absolute Gasteiger partial charge is 0.495 e. The van der Waals surface area contributed by atoms with Gasteiger partial charge in [0.25, 0.3) is 0 Å². The van der Waals surface area contributed by atoms with Crippen molar-refractivity contribution in [1.82, 2.24) is 15.2 Å². The lowest BCUT2D eigenvalue weighted by Crippen LogP contribution is -2.47. The van der Waals surface area contributed by atoms with E-state index in [0.717, 1.165) is 54.2 Å². The minimum Gasteiger partial charge on any atom is -0.495 e. The van der Waals surface area contributed by atoms with Crippen molar-refractivity contribution >= 4 is 39.7 Å². The van der Waals surface area contributed by atoms with Gasteiger partial charge in [0, 0.05) is 49.6 Å². The number of piperazine rings is 1. The van der Waals surface area contributed by atoms with E-state index in [1.807, 2.05) is 48.7 Å². The number of nitrogens with two attached hydrogens (primary N) is 1. The molecule has 0 atom stereocenters. The van der Waals surface area contributed by atoms with Gasteiger partial charge in [0.05, 0.1) is 29.1 Å². The third-order valence-electron chi connectivity index (χ3n) is 6.30. The van der Waals surface area contributed by atoms with E-state index < -0.39 is 0 Å². The molecule has 2 aromatic heterocycles. The molecule has 0 saturated carbocycles. The number of nitriles is 1. The molecule has 0 spiro atoms. The first-order valence-corrected chi connectivity index (χ1v) is 11.7. The summed E-state index contributed by atoms with van der Waals surface area (Å²) in [5, 5.41) is 21.0. The minimum atomic E-state index is 0.419. The summed E-state index contributed by atoms with van der Waals surface area (Å²) >= 11 is 6.33. The predicted molar refractivity (Wildman–Crippen MR) is 138 cm³/mol. The SMILES string of the molecule is COc1ccc(Cc2nnc(N3CCN(c4ccccn4)CC3)c3ccc(C#N)c(N)c23)cc1Cl. The van der Waals surface area contributed by atoms with E-state index in [9.17, 15) is 5.26 Å². The second-order valence-corrected chi connectivity index (χ2v) is 8.75. The van der Waals surface area contributed by atoms with E-state index in [1.165, 1.54) is 0 Å². The van der Waals surface area contributed by atoms with Gasteiger partial charge in [-0.1, -0.05) is 23.7 Å². The molecule has 35 heavy (non-hydrogen) atoms. The van der Waals surface area contributed by atoms with Crippen molar-refractivity contribution in [2.75, 3.05) is 48.8 Å². The van der Waals surface area contributed by atoms with Crippen molar-refractivity contribution in [3.8, 4) is 11.8 Å². The first-order valence-electron chi connectivity index (χ1n) is 11.3. The Morgan fingerprint density at radius 1 is 1.06 bits per heavy atom. The maximum absolute atomic E-state index is 9.59. The zero-order valence-corrected chi connectivity index (χ0v) is 20.0. The zero-order chi connectivity index (χ0) is 24.4. The summed E-state index contributed by atoms with van der Waals surface area (Å²) in [5.74, 6) is 2.35. The lowest BCUT2D eigenvalue weighted by Gasteiger charge is -2.36. The number of pyridine rings is 1. The molecule has 0 radical (unpaired) electrons. The molecule has 1 fully saturated rings. The van der Waals surface area contributed by atoms with Crippen LogP contribution in [0.25, 0.3) is 10.8 Å². The summed E-state index contributed by atoms with van der Waals surface area (Å²) in [7, 11) is 1.58. The number of fused-ring (bicyclic) bond motifs is 1. The van der Waals surface area contributed by atoms with Crippen LogP contribution in [0.2, 0.25) is 5.02 Å². The Balaban J connectivity index is 1.49. The Morgan fingerprint density at radius 3 is 2.54 bits per heavy atom. The molecule has 5 rings (SSSR count). The van der Waals surface area contributed by atoms with Crippen molar-refractivity contribution in [2.45, 2.75) is 6.42 Å². The minimum absolute atomic E-state index is 0.419. The molecule has 0 aliphatic carbocycles. The number of hydrogen-bond donors (Lipinski definition) is 1. The van der Waals surface area contributed by atoms with Crippen LogP contribution in [0.5, 0.6) is 5.75 Å². The van der Waals surface area contributed by atoms with Crippen LogP contribution in [0.15, 0.2) is 54.7 Å². The lowest BCUT2D eigenvalue weighted by atomic mass is 10.00. The van der Waals surface area contributed by atoms with Crippen LogP contribution < -0.4 is 20.3 Å². The van der Waals surface area contributed by atoms with Crippen LogP contribution in [0.3, 0.4) is 0 Å². The van der Waals surface area contributed by atoms with Crippen molar-refractivity contribution in [1.29, 1.82) is 5.26 Å². The monoisotopic (exact) mass is 485 g/mol. The highest BCUT2D eigenvalue weighted by molar-refractivity contribution is 6.32. The van der Waals surface area contributed by atoms with E-state index in [0.29, 0.717) is 34.1 Å². The van der Waals surface area contributed by atoms with E-state index in [2.05, 4.69) is 31.1 Å². The van der Waals surface area contributed by atoms with Crippen LogP contribution >= 0.6 is 11.6 Å². The summed E-state index contributed by atoms with van der Waals surface area (Å²) in [6, 6.07) is 17.4. The van der Waals surface area contributed by atoms with E-state index in [4.69, 9.17) is 22.1 Å². The van der Waals surface area contributed by atoms with E-state index in [1.54, 1.807) is 13.2 Å². The smallest absolute Gasteiger partial charge is 0.159 e. The molecule has 2 N–H and O–H groups in total. The van der Waals surface area contributed by atoms with Gasteiger partial charge in [0.1, 0.15) is 17.6 Å². The number of hydrogen-bond acceptors (Lipinski definition) is 8. The third-order valence-corrected chi connectivity index (χ3v) is 6.60. The van der Waals surface area contributed by atoms with Crippen LogP contribution in [-0.4, -0.2) is 48.5 Å². The lowest BCUT2D eigenvalue weighted by molar-refractivity contribution is 0.415. The van der Waals surface area contributed by atoms with Gasteiger partial charge in [-0.2, -0.15) is 10.4 Å². The number of nitrogen functional groups attached to an aromatic ring is 1. The van der Waals surface area contributed by atoms with Gasteiger partial charge in [-0.25, -0.2) is 4.98 Å². The Hall–Kier alpha value is -4.09. The molecule has 8 nitrogen and oxygen atoms in total. The molecule has 4 aromatic rings. The van der Waals surface area contributed by atoms with Gasteiger partial charge >= 0.3 is 0 Å². The Labute approximate surface area is 208 Å². The number of methoxy groups -OCH3 is 1. The number of benzene rings is 2. The maximum atomic E-state index is 9.59. The van der Waals surface area contributed by atoms with Crippen molar-refractivity contribution in [3.05, 3.63) is 76.6 Å². The second kappa shape index (κ2) is 9.65. The molecule has 0 bridgehead atoms. The summed E-state index contributed by atoms with van der Waals surface area (Å²) in [5.41, 5.74) is 8.98. The molecule has 1 aliphatic heterocycles. The third kappa shape index (κ3) is 4.38. The van der Waals surface area contributed by atoms with Crippen LogP contribution in [-0.2, 0) is 6.42 Å². The molecule has 3 heterocycles. The Kier molecular flexibility index (Phi) is 6.25. The number of aromatic nitrogens is 3. The fraction of sp³-hybridized carbons (Fsp3) is 0.231. The fourth-order valence-corrected chi connectivity index (χ4v) is 4.76. The molecule has 0 unspecified atom stereocenters. The van der Waals surface area contributed by atoms with Crippen molar-refractivity contribution in [3.63, 3.8) is 0 Å². The Morgan fingerprint density at radius 2 is 1.86 bits per heavy atom. The number of ether oxygens (including phenoxy) is 1. The highest BCUT2D eigenvalue weighted by Crippen LogP contribution is 2.34. The first kappa shape index (κ1) is 22.7. The molecule has 0 amide bonds. The average molecular weight is 486 g/mol. The van der Waals surface area contributed by atoms with Crippen molar-refractivity contribution < 1.29 is 4.74 Å². The highest BCUT2D eigenvalue weighted by Gasteiger charge is 2.23. The molecular formula is C26H24ClN7O. The predicted octanol–water partition coefficient (Wildman–Crippen LogP) is 4.06. The quantitative estimate of drug-likeness (QED) is 0.422. The first-order chi connectivity index (χ1) is 17.1. The number of halogens is 1. The summed E-state index contributed by atoms with van der Waals surface area (Å²) in [6.45, 7) is 3.18. The van der Waals surface area contributed by atoms with Crippen molar-refractivity contribution in [2.24, 2.45) is 0 Å². The van der Waals surface area contributed by atoms with Gasteiger partial charge in [-0.3, -0.25) is 0 Å². The summed E-state index contributed by atoms with van der Waals surface area (Å²) in [6.07, 6.45) is 2.28. The van der Waals surface area contributed by atoms with Gasteiger partial charge in [0.15, 0.2) is 5.82 Å². The molecular weight excluding hydrogens is 462 g/mol. The van der Waals surface area contributed by atoms with Crippen LogP contribution in [0.4, 0.5) is 17.3 Å². The summed E-state index contributed by atoms with van der Waals surface area (Å²) < 4.78 is 5.26. The second-order valence-electron chi connectivity index (χ2n) is 8.34. The van der Waals surface area contributed by atoms with Gasteiger partial charge in [-0.15, -0.1) is 5.10 Å². The maximum Gasteiger partial charge on any atom is 0.159 e. The molecule has 1 saturated heterocycles. The molecule has 1 aliphatic rings. The van der Waals surface area contributed by atoms with Crippen LogP contribution in [0, 0.1) is 11.3 Å². The average Bonchev–Trinajstić information content (AvgIpc) is 2.90. The van der Waals surface area contributed by atoms with Gasteiger partial charge in [-0.05, 0) is 42.0 Å². The van der Waals surface area contributed by atoms with Gasteiger partial charge < -0.3 is 20.3 Å². The number of nitrogens with zero attached hydrogens (tertiary/aromatic N) is 6. The molecule has 2 aromatic carbocycles.